The third-order valence-corrected chi connectivity index (χ3v) is 6.89. The van der Waals surface area contributed by atoms with E-state index in [-0.39, 0.29) is 12.1 Å². The number of aromatic nitrogens is 2. The average molecular weight is 498 g/mol. The van der Waals surface area contributed by atoms with Gasteiger partial charge in [-0.2, -0.15) is 0 Å². The van der Waals surface area contributed by atoms with Gasteiger partial charge in [-0.25, -0.2) is 0 Å². The van der Waals surface area contributed by atoms with Crippen LogP contribution in [0, 0.1) is 13.8 Å². The van der Waals surface area contributed by atoms with Crippen molar-refractivity contribution in [2.45, 2.75) is 25.9 Å². The smallest absolute Gasteiger partial charge is 0.170 e. The molecule has 0 unspecified atom stereocenters. The highest BCUT2D eigenvalue weighted by Gasteiger charge is 2.41. The van der Waals surface area contributed by atoms with Crippen LogP contribution in [-0.2, 0) is 0 Å². The van der Waals surface area contributed by atoms with Gasteiger partial charge in [0.25, 0.3) is 0 Å². The minimum absolute atomic E-state index is 0.00373. The number of para-hydroxylation sites is 1. The number of likely N-dealkylation sites (N-methyl/N-ethyl adjacent to an activating group) is 1. The van der Waals surface area contributed by atoms with Crippen LogP contribution in [0.15, 0.2) is 59.2 Å². The largest absolute Gasteiger partial charge is 0.352 e. The van der Waals surface area contributed by atoms with Crippen molar-refractivity contribution >= 4 is 33.3 Å². The molecule has 1 saturated heterocycles. The predicted molar refractivity (Wildman–Crippen MR) is 134 cm³/mol. The van der Waals surface area contributed by atoms with Crippen LogP contribution in [0.4, 0.5) is 0 Å². The lowest BCUT2D eigenvalue weighted by Gasteiger charge is -2.29. The van der Waals surface area contributed by atoms with Crippen LogP contribution < -0.4 is 5.32 Å². The molecule has 5 nitrogen and oxygen atoms in total. The van der Waals surface area contributed by atoms with Gasteiger partial charge in [-0.3, -0.25) is 4.98 Å². The number of rotatable bonds is 6. The van der Waals surface area contributed by atoms with E-state index < -0.39 is 0 Å². The molecular formula is C24H28BrN5S. The normalized spacial score (nSPS) is 18.6. The molecule has 0 amide bonds. The van der Waals surface area contributed by atoms with Crippen LogP contribution in [0.1, 0.15) is 34.7 Å². The number of aryl methyl sites for hydroxylation is 1. The van der Waals surface area contributed by atoms with E-state index in [0.29, 0.717) is 0 Å². The molecule has 1 aliphatic heterocycles. The molecule has 1 fully saturated rings. The van der Waals surface area contributed by atoms with Crippen LogP contribution in [0.25, 0.3) is 5.69 Å². The Bertz CT molecular complexity index is 1080. The summed E-state index contributed by atoms with van der Waals surface area (Å²) in [6.07, 6.45) is 1.85. The van der Waals surface area contributed by atoms with Gasteiger partial charge in [0, 0.05) is 35.1 Å². The van der Waals surface area contributed by atoms with Crippen molar-refractivity contribution < 1.29 is 0 Å². The van der Waals surface area contributed by atoms with Crippen molar-refractivity contribution in [3.8, 4) is 5.69 Å². The maximum absolute atomic E-state index is 5.80. The summed E-state index contributed by atoms with van der Waals surface area (Å²) in [7, 11) is 4.19. The predicted octanol–water partition coefficient (Wildman–Crippen LogP) is 4.79. The number of halogens is 1. The Morgan fingerprint density at radius 1 is 1.13 bits per heavy atom. The highest BCUT2D eigenvalue weighted by atomic mass is 79.9. The second-order valence-electron chi connectivity index (χ2n) is 8.24. The lowest BCUT2D eigenvalue weighted by Crippen LogP contribution is -2.35. The summed E-state index contributed by atoms with van der Waals surface area (Å²) in [6.45, 7) is 6.14. The number of hydrogen-bond donors (Lipinski definition) is 1. The lowest BCUT2D eigenvalue weighted by molar-refractivity contribution is 0.277. The van der Waals surface area contributed by atoms with Crippen LogP contribution in [0.5, 0.6) is 0 Å². The highest BCUT2D eigenvalue weighted by Crippen LogP contribution is 2.41. The van der Waals surface area contributed by atoms with Gasteiger partial charge in [0.05, 0.1) is 23.5 Å². The van der Waals surface area contributed by atoms with Crippen molar-refractivity contribution in [3.05, 3.63) is 81.8 Å². The second-order valence-corrected chi connectivity index (χ2v) is 9.48. The minimum atomic E-state index is 0.00373. The quantitative estimate of drug-likeness (QED) is 0.495. The van der Waals surface area contributed by atoms with Crippen LogP contribution in [0.3, 0.4) is 0 Å². The molecule has 1 aliphatic rings. The van der Waals surface area contributed by atoms with E-state index in [1.54, 1.807) is 0 Å². The molecule has 7 heteroatoms. The molecule has 2 atom stereocenters. The lowest BCUT2D eigenvalue weighted by atomic mass is 9.97. The SMILES string of the molecule is Cc1cc([C@H]2[C@H](c3ccccn3)NC(=S)N2CCN(C)C)c(C)n1-c1ccccc1Br. The van der Waals surface area contributed by atoms with Crippen LogP contribution in [-0.4, -0.2) is 51.6 Å². The molecule has 31 heavy (non-hydrogen) atoms. The van der Waals surface area contributed by atoms with Gasteiger partial charge in [0.15, 0.2) is 5.11 Å². The summed E-state index contributed by atoms with van der Waals surface area (Å²) in [4.78, 5) is 9.17. The molecule has 3 aromatic rings. The second kappa shape index (κ2) is 9.10. The molecule has 3 heterocycles. The Labute approximate surface area is 198 Å². The highest BCUT2D eigenvalue weighted by molar-refractivity contribution is 9.10. The van der Waals surface area contributed by atoms with E-state index in [9.17, 15) is 0 Å². The molecule has 0 radical (unpaired) electrons. The summed E-state index contributed by atoms with van der Waals surface area (Å²) < 4.78 is 3.40. The van der Waals surface area contributed by atoms with Crippen LogP contribution in [0.2, 0.25) is 0 Å². The summed E-state index contributed by atoms with van der Waals surface area (Å²) >= 11 is 9.52. The van der Waals surface area contributed by atoms with Crippen molar-refractivity contribution in [3.63, 3.8) is 0 Å². The Morgan fingerprint density at radius 3 is 2.55 bits per heavy atom. The molecule has 1 aromatic carbocycles. The number of thiocarbonyl (C=S) groups is 1. The van der Waals surface area contributed by atoms with Gasteiger partial charge in [0.2, 0.25) is 0 Å². The molecule has 162 valence electrons. The zero-order chi connectivity index (χ0) is 22.1. The zero-order valence-corrected chi connectivity index (χ0v) is 20.7. The number of nitrogens with one attached hydrogen (secondary N) is 1. The molecule has 0 aliphatic carbocycles. The monoisotopic (exact) mass is 497 g/mol. The first-order valence-electron chi connectivity index (χ1n) is 10.4. The molecule has 2 aromatic heterocycles. The number of benzene rings is 1. The third-order valence-electron chi connectivity index (χ3n) is 5.87. The molecule has 4 rings (SSSR count). The van der Waals surface area contributed by atoms with Gasteiger partial charge in [-0.15, -0.1) is 0 Å². The van der Waals surface area contributed by atoms with Gasteiger partial charge in [0.1, 0.15) is 0 Å². The number of hydrogen-bond acceptors (Lipinski definition) is 3. The molecule has 0 saturated carbocycles. The fourth-order valence-electron chi connectivity index (χ4n) is 4.38. The number of nitrogens with zero attached hydrogens (tertiary/aromatic N) is 4. The van der Waals surface area contributed by atoms with Gasteiger partial charge in [-0.1, -0.05) is 18.2 Å². The van der Waals surface area contributed by atoms with Crippen LogP contribution >= 0.6 is 28.1 Å². The van der Waals surface area contributed by atoms with E-state index in [4.69, 9.17) is 12.2 Å². The van der Waals surface area contributed by atoms with E-state index in [2.05, 4.69) is 98.9 Å². The molecule has 0 spiro atoms. The van der Waals surface area contributed by atoms with E-state index in [1.165, 1.54) is 17.0 Å². The summed E-state index contributed by atoms with van der Waals surface area (Å²) in [5.74, 6) is 0. The van der Waals surface area contributed by atoms with Crippen molar-refractivity contribution in [2.75, 3.05) is 27.2 Å². The Morgan fingerprint density at radius 2 is 1.87 bits per heavy atom. The first-order valence-corrected chi connectivity index (χ1v) is 11.6. The van der Waals surface area contributed by atoms with Crippen molar-refractivity contribution in [1.82, 2.24) is 24.7 Å². The summed E-state index contributed by atoms with van der Waals surface area (Å²) in [5.41, 5.74) is 5.84. The van der Waals surface area contributed by atoms with E-state index >= 15 is 0 Å². The molecule has 1 N–H and O–H groups in total. The first kappa shape index (κ1) is 22.0. The zero-order valence-electron chi connectivity index (χ0n) is 18.3. The standard InChI is InChI=1S/C24H28BrN5S/c1-16-15-18(17(2)30(16)21-11-6-5-9-19(21)25)23-22(20-10-7-8-12-26-20)27-24(31)29(23)14-13-28(3)4/h5-12,15,22-23H,13-14H2,1-4H3,(H,27,31)/t22-,23-/m0/s1. The Kier molecular flexibility index (Phi) is 6.46. The van der Waals surface area contributed by atoms with Gasteiger partial charge in [-0.05, 0) is 92.0 Å². The van der Waals surface area contributed by atoms with E-state index in [1.807, 2.05) is 24.4 Å². The summed E-state index contributed by atoms with van der Waals surface area (Å²) in [5, 5.41) is 4.34. The van der Waals surface area contributed by atoms with Crippen molar-refractivity contribution in [2.24, 2.45) is 0 Å². The summed E-state index contributed by atoms with van der Waals surface area (Å²) in [6, 6.07) is 16.8. The Balaban J connectivity index is 1.82. The van der Waals surface area contributed by atoms with Crippen molar-refractivity contribution in [1.29, 1.82) is 0 Å². The van der Waals surface area contributed by atoms with Gasteiger partial charge >= 0.3 is 0 Å². The Hall–Kier alpha value is -2.22. The molecular weight excluding hydrogens is 470 g/mol. The minimum Gasteiger partial charge on any atom is -0.352 e. The third kappa shape index (κ3) is 4.27. The number of pyridine rings is 1. The topological polar surface area (TPSA) is 36.3 Å². The average Bonchev–Trinajstić information content (AvgIpc) is 3.23. The van der Waals surface area contributed by atoms with Gasteiger partial charge < -0.3 is 19.7 Å². The fourth-order valence-corrected chi connectivity index (χ4v) is 5.18. The molecule has 0 bridgehead atoms. The van der Waals surface area contributed by atoms with E-state index in [0.717, 1.165) is 34.1 Å². The maximum atomic E-state index is 5.80. The fraction of sp³-hybridized carbons (Fsp3) is 0.333. The maximum Gasteiger partial charge on any atom is 0.170 e. The first-order chi connectivity index (χ1) is 14.9.